The summed E-state index contributed by atoms with van der Waals surface area (Å²) in [6.45, 7) is 3.06. The summed E-state index contributed by atoms with van der Waals surface area (Å²) in [5.41, 5.74) is 4.48. The molecule has 0 fully saturated rings. The fraction of sp³-hybridized carbons (Fsp3) is 0.192. The highest BCUT2D eigenvalue weighted by Crippen LogP contribution is 2.32. The fourth-order valence-electron chi connectivity index (χ4n) is 3.66. The molecule has 0 atom stereocenters. The standard InChI is InChI=1S/C26H27N3O7S/c1-17-11-18(2)13-20(12-17)29(37(33,34)21-9-10-23(35-3)24(14-21)36-4)16-25(30)28-27-15-19-7-5-6-8-22(19)26(31)32/h5-15H,16H2,1-4H3,(H,28,30)(H,31,32)/b27-15-. The van der Waals surface area contributed by atoms with E-state index in [0.29, 0.717) is 11.4 Å². The summed E-state index contributed by atoms with van der Waals surface area (Å²) in [7, 11) is -1.40. The summed E-state index contributed by atoms with van der Waals surface area (Å²) in [5.74, 6) is -1.30. The molecule has 0 unspecified atom stereocenters. The Labute approximate surface area is 215 Å². The number of methoxy groups -OCH3 is 2. The molecule has 10 nitrogen and oxygen atoms in total. The van der Waals surface area contributed by atoms with Crippen molar-refractivity contribution in [2.75, 3.05) is 25.1 Å². The average Bonchev–Trinajstić information content (AvgIpc) is 2.86. The third-order valence-electron chi connectivity index (χ3n) is 5.31. The zero-order chi connectivity index (χ0) is 27.2. The Morgan fingerprint density at radius 3 is 2.24 bits per heavy atom. The number of carboxylic acids is 1. The van der Waals surface area contributed by atoms with Crippen LogP contribution in [0.1, 0.15) is 27.0 Å². The molecule has 194 valence electrons. The summed E-state index contributed by atoms with van der Waals surface area (Å²) >= 11 is 0. The van der Waals surface area contributed by atoms with Gasteiger partial charge in [-0.1, -0.05) is 24.3 Å². The van der Waals surface area contributed by atoms with Gasteiger partial charge in [0.05, 0.1) is 36.6 Å². The third-order valence-corrected chi connectivity index (χ3v) is 7.08. The molecule has 1 amide bonds. The van der Waals surface area contributed by atoms with Gasteiger partial charge in [-0.25, -0.2) is 18.6 Å². The summed E-state index contributed by atoms with van der Waals surface area (Å²) in [6.07, 6.45) is 1.19. The van der Waals surface area contributed by atoms with Gasteiger partial charge in [-0.3, -0.25) is 9.10 Å². The first-order valence-electron chi connectivity index (χ1n) is 11.0. The van der Waals surface area contributed by atoms with Gasteiger partial charge in [0.2, 0.25) is 0 Å². The second-order valence-electron chi connectivity index (χ2n) is 8.06. The Hall–Kier alpha value is -4.38. The van der Waals surface area contributed by atoms with Crippen LogP contribution >= 0.6 is 0 Å². The molecule has 37 heavy (non-hydrogen) atoms. The minimum Gasteiger partial charge on any atom is -0.493 e. The zero-order valence-electron chi connectivity index (χ0n) is 20.8. The monoisotopic (exact) mass is 525 g/mol. The maximum Gasteiger partial charge on any atom is 0.336 e. The van der Waals surface area contributed by atoms with Gasteiger partial charge < -0.3 is 14.6 Å². The predicted molar refractivity (Wildman–Crippen MR) is 139 cm³/mol. The van der Waals surface area contributed by atoms with E-state index < -0.39 is 28.4 Å². The molecule has 2 N–H and O–H groups in total. The molecule has 0 spiro atoms. The summed E-state index contributed by atoms with van der Waals surface area (Å²) in [5, 5.41) is 13.1. The van der Waals surface area contributed by atoms with Crippen molar-refractivity contribution in [2.24, 2.45) is 5.10 Å². The zero-order valence-corrected chi connectivity index (χ0v) is 21.6. The lowest BCUT2D eigenvalue weighted by Gasteiger charge is -2.25. The largest absolute Gasteiger partial charge is 0.493 e. The maximum atomic E-state index is 13.7. The topological polar surface area (TPSA) is 135 Å². The smallest absolute Gasteiger partial charge is 0.336 e. The minimum atomic E-state index is -4.23. The van der Waals surface area contributed by atoms with Gasteiger partial charge in [0.25, 0.3) is 15.9 Å². The number of carbonyl (C=O) groups excluding carboxylic acids is 1. The summed E-state index contributed by atoms with van der Waals surface area (Å²) < 4.78 is 38.9. The highest BCUT2D eigenvalue weighted by Gasteiger charge is 2.28. The number of sulfonamides is 1. The van der Waals surface area contributed by atoms with Crippen molar-refractivity contribution >= 4 is 33.8 Å². The van der Waals surface area contributed by atoms with Gasteiger partial charge in [-0.05, 0) is 55.3 Å². The number of benzene rings is 3. The lowest BCUT2D eigenvalue weighted by molar-refractivity contribution is -0.119. The molecular weight excluding hydrogens is 498 g/mol. The SMILES string of the molecule is COc1ccc(S(=O)(=O)N(CC(=O)N/N=C\c2ccccc2C(=O)O)c2cc(C)cc(C)c2)cc1OC. The predicted octanol–water partition coefficient (Wildman–Crippen LogP) is 3.36. The quantitative estimate of drug-likeness (QED) is 0.306. The number of nitrogens with zero attached hydrogens (tertiary/aromatic N) is 2. The van der Waals surface area contributed by atoms with Crippen LogP contribution < -0.4 is 19.2 Å². The molecule has 3 aromatic rings. The molecule has 3 rings (SSSR count). The number of hydrogen-bond donors (Lipinski definition) is 2. The number of amides is 1. The van der Waals surface area contributed by atoms with Gasteiger partial charge in [0, 0.05) is 11.6 Å². The molecule has 0 radical (unpaired) electrons. The number of aryl methyl sites for hydroxylation is 2. The highest BCUT2D eigenvalue weighted by molar-refractivity contribution is 7.92. The van der Waals surface area contributed by atoms with Crippen LogP contribution in [0.15, 0.2) is 70.7 Å². The summed E-state index contributed by atoms with van der Waals surface area (Å²) in [4.78, 5) is 24.1. The first kappa shape index (κ1) is 27.2. The van der Waals surface area contributed by atoms with Crippen molar-refractivity contribution in [3.8, 4) is 11.5 Å². The van der Waals surface area contributed by atoms with E-state index in [9.17, 15) is 23.1 Å². The molecule has 0 saturated heterocycles. The van der Waals surface area contributed by atoms with Crippen molar-refractivity contribution < 1.29 is 32.6 Å². The number of ether oxygens (including phenoxy) is 2. The Morgan fingerprint density at radius 2 is 1.62 bits per heavy atom. The second kappa shape index (κ2) is 11.6. The van der Waals surface area contributed by atoms with Gasteiger partial charge >= 0.3 is 5.97 Å². The molecule has 0 aliphatic heterocycles. The van der Waals surface area contributed by atoms with E-state index in [1.54, 1.807) is 24.3 Å². The molecule has 0 saturated carbocycles. The van der Waals surface area contributed by atoms with Crippen molar-refractivity contribution in [2.45, 2.75) is 18.7 Å². The first-order valence-corrected chi connectivity index (χ1v) is 12.5. The van der Waals surface area contributed by atoms with Crippen LogP contribution in [0, 0.1) is 13.8 Å². The Bertz CT molecular complexity index is 1430. The molecular formula is C26H27N3O7S. The number of hydrogen-bond acceptors (Lipinski definition) is 7. The number of nitrogens with one attached hydrogen (secondary N) is 1. The van der Waals surface area contributed by atoms with Crippen molar-refractivity contribution in [3.63, 3.8) is 0 Å². The molecule has 0 aliphatic carbocycles. The van der Waals surface area contributed by atoms with Crippen molar-refractivity contribution in [1.82, 2.24) is 5.43 Å². The molecule has 3 aromatic carbocycles. The fourth-order valence-corrected chi connectivity index (χ4v) is 5.08. The Balaban J connectivity index is 1.95. The number of carbonyl (C=O) groups is 2. The molecule has 0 bridgehead atoms. The first-order chi connectivity index (χ1) is 17.6. The maximum absolute atomic E-state index is 13.7. The van der Waals surface area contributed by atoms with E-state index in [1.165, 1.54) is 50.8 Å². The van der Waals surface area contributed by atoms with E-state index >= 15 is 0 Å². The van der Waals surface area contributed by atoms with E-state index in [-0.39, 0.29) is 21.8 Å². The third kappa shape index (κ3) is 6.44. The van der Waals surface area contributed by atoms with Crippen LogP contribution in [0.2, 0.25) is 0 Å². The number of hydrazone groups is 1. The van der Waals surface area contributed by atoms with Crippen molar-refractivity contribution in [1.29, 1.82) is 0 Å². The Morgan fingerprint density at radius 1 is 0.973 bits per heavy atom. The molecule has 0 aliphatic rings. The summed E-state index contributed by atoms with van der Waals surface area (Å²) in [6, 6.07) is 15.5. The second-order valence-corrected chi connectivity index (χ2v) is 9.92. The van der Waals surface area contributed by atoms with Gasteiger partial charge in [-0.15, -0.1) is 0 Å². The van der Waals surface area contributed by atoms with Crippen LogP contribution in [0.5, 0.6) is 11.5 Å². The van der Waals surface area contributed by atoms with Gasteiger partial charge in [-0.2, -0.15) is 5.10 Å². The van der Waals surface area contributed by atoms with Gasteiger partial charge in [0.1, 0.15) is 6.54 Å². The molecule has 0 heterocycles. The van der Waals surface area contributed by atoms with Crippen LogP contribution in [-0.2, 0) is 14.8 Å². The number of anilines is 1. The average molecular weight is 526 g/mol. The highest BCUT2D eigenvalue weighted by atomic mass is 32.2. The van der Waals surface area contributed by atoms with E-state index in [0.717, 1.165) is 15.4 Å². The van der Waals surface area contributed by atoms with Crippen LogP contribution in [-0.4, -0.2) is 52.4 Å². The van der Waals surface area contributed by atoms with Crippen LogP contribution in [0.4, 0.5) is 5.69 Å². The normalized spacial score (nSPS) is 11.2. The van der Waals surface area contributed by atoms with Crippen LogP contribution in [0.3, 0.4) is 0 Å². The number of carboxylic acid groups (broad SMARTS) is 1. The molecule has 0 aromatic heterocycles. The number of rotatable bonds is 10. The van der Waals surface area contributed by atoms with Crippen LogP contribution in [0.25, 0.3) is 0 Å². The number of aromatic carboxylic acids is 1. The van der Waals surface area contributed by atoms with E-state index in [4.69, 9.17) is 9.47 Å². The minimum absolute atomic E-state index is 0.00777. The lowest BCUT2D eigenvalue weighted by atomic mass is 10.1. The van der Waals surface area contributed by atoms with E-state index in [2.05, 4.69) is 10.5 Å². The molecule has 11 heteroatoms. The van der Waals surface area contributed by atoms with Gasteiger partial charge in [0.15, 0.2) is 11.5 Å². The van der Waals surface area contributed by atoms with Crippen molar-refractivity contribution in [3.05, 3.63) is 82.9 Å². The Kier molecular flexibility index (Phi) is 8.51. The van der Waals surface area contributed by atoms with E-state index in [1.807, 2.05) is 19.9 Å². The lowest BCUT2D eigenvalue weighted by Crippen LogP contribution is -2.39.